The predicted octanol–water partition coefficient (Wildman–Crippen LogP) is 3.15. The van der Waals surface area contributed by atoms with Crippen molar-refractivity contribution in [2.45, 2.75) is 6.42 Å². The van der Waals surface area contributed by atoms with Crippen LogP contribution in [0, 0.1) is 0 Å². The minimum absolute atomic E-state index is 0.0904. The third kappa shape index (κ3) is 4.17. The van der Waals surface area contributed by atoms with Gasteiger partial charge in [-0.1, -0.05) is 17.7 Å². The number of halogens is 1. The molecule has 1 heterocycles. The number of ether oxygens (including phenoxy) is 2. The highest BCUT2D eigenvalue weighted by Gasteiger charge is 2.16. The summed E-state index contributed by atoms with van der Waals surface area (Å²) < 4.78 is 11.1. The number of hydrogen-bond donors (Lipinski definition) is 1. The van der Waals surface area contributed by atoms with Gasteiger partial charge in [0.1, 0.15) is 13.2 Å². The summed E-state index contributed by atoms with van der Waals surface area (Å²) in [6.07, 6.45) is 0.662. The molecule has 1 N–H and O–H groups in total. The number of rotatable bonds is 5. The van der Waals surface area contributed by atoms with Crippen LogP contribution in [0.1, 0.15) is 15.9 Å². The first-order valence-electron chi connectivity index (χ1n) is 8.18. The number of carbonyl (C=O) groups is 1. The van der Waals surface area contributed by atoms with Crippen molar-refractivity contribution in [3.05, 3.63) is 52.5 Å². The summed E-state index contributed by atoms with van der Waals surface area (Å²) in [4.78, 5) is 14.3. The van der Waals surface area contributed by atoms with Crippen molar-refractivity contribution in [1.82, 2.24) is 5.32 Å². The van der Waals surface area contributed by atoms with E-state index in [1.807, 2.05) is 55.4 Å². The zero-order valence-corrected chi connectivity index (χ0v) is 15.1. The highest BCUT2D eigenvalue weighted by atomic mass is 35.5. The predicted molar refractivity (Wildman–Crippen MR) is 99.2 cm³/mol. The molecule has 0 aliphatic carbocycles. The van der Waals surface area contributed by atoms with Gasteiger partial charge in [0.2, 0.25) is 0 Å². The third-order valence-electron chi connectivity index (χ3n) is 3.98. The quantitative estimate of drug-likeness (QED) is 0.890. The van der Waals surface area contributed by atoms with Crippen molar-refractivity contribution in [3.8, 4) is 11.5 Å². The molecule has 132 valence electrons. The van der Waals surface area contributed by atoms with Gasteiger partial charge in [0.05, 0.1) is 5.02 Å². The van der Waals surface area contributed by atoms with Gasteiger partial charge in [-0.15, -0.1) is 0 Å². The second-order valence-electron chi connectivity index (χ2n) is 6.05. The second kappa shape index (κ2) is 7.66. The monoisotopic (exact) mass is 360 g/mol. The maximum atomic E-state index is 12.3. The molecule has 25 heavy (non-hydrogen) atoms. The summed E-state index contributed by atoms with van der Waals surface area (Å²) in [5, 5.41) is 3.48. The SMILES string of the molecule is CN(C)c1cccc(C(=O)NCCc2cc(Cl)c3c(c2)OCCO3)c1. The van der Waals surface area contributed by atoms with Crippen LogP contribution in [0.25, 0.3) is 0 Å². The van der Waals surface area contributed by atoms with Crippen molar-refractivity contribution in [2.75, 3.05) is 38.8 Å². The first kappa shape index (κ1) is 17.4. The highest BCUT2D eigenvalue weighted by molar-refractivity contribution is 6.32. The fraction of sp³-hybridized carbons (Fsp3) is 0.316. The van der Waals surface area contributed by atoms with E-state index in [1.165, 1.54) is 0 Å². The van der Waals surface area contributed by atoms with Crippen molar-refractivity contribution < 1.29 is 14.3 Å². The van der Waals surface area contributed by atoms with Crippen LogP contribution in [0.5, 0.6) is 11.5 Å². The molecule has 6 heteroatoms. The molecule has 0 radical (unpaired) electrons. The lowest BCUT2D eigenvalue weighted by atomic mass is 10.1. The Morgan fingerprint density at radius 3 is 2.80 bits per heavy atom. The van der Waals surface area contributed by atoms with Gasteiger partial charge >= 0.3 is 0 Å². The van der Waals surface area contributed by atoms with Crippen molar-refractivity contribution in [1.29, 1.82) is 0 Å². The maximum absolute atomic E-state index is 12.3. The van der Waals surface area contributed by atoms with E-state index >= 15 is 0 Å². The molecule has 3 rings (SSSR count). The smallest absolute Gasteiger partial charge is 0.251 e. The molecule has 5 nitrogen and oxygen atoms in total. The molecule has 2 aromatic rings. The van der Waals surface area contributed by atoms with Crippen LogP contribution < -0.4 is 19.7 Å². The van der Waals surface area contributed by atoms with E-state index < -0.39 is 0 Å². The minimum Gasteiger partial charge on any atom is -0.486 e. The molecule has 0 saturated heterocycles. The van der Waals surface area contributed by atoms with E-state index in [2.05, 4.69) is 5.32 Å². The summed E-state index contributed by atoms with van der Waals surface area (Å²) >= 11 is 6.23. The van der Waals surface area contributed by atoms with Gasteiger partial charge in [0.25, 0.3) is 5.91 Å². The van der Waals surface area contributed by atoms with E-state index in [0.29, 0.717) is 48.3 Å². The zero-order chi connectivity index (χ0) is 17.8. The fourth-order valence-corrected chi connectivity index (χ4v) is 2.94. The molecule has 0 bridgehead atoms. The molecule has 1 aliphatic rings. The van der Waals surface area contributed by atoms with Crippen LogP contribution in [0.4, 0.5) is 5.69 Å². The Labute approximate surface area is 152 Å². The van der Waals surface area contributed by atoms with Gasteiger partial charge in [-0.25, -0.2) is 0 Å². The van der Waals surface area contributed by atoms with Crippen LogP contribution in [0.2, 0.25) is 5.02 Å². The number of anilines is 1. The topological polar surface area (TPSA) is 50.8 Å². The lowest BCUT2D eigenvalue weighted by molar-refractivity contribution is 0.0954. The average molecular weight is 361 g/mol. The van der Waals surface area contributed by atoms with E-state index in [1.54, 1.807) is 0 Å². The van der Waals surface area contributed by atoms with Crippen molar-refractivity contribution in [3.63, 3.8) is 0 Å². The van der Waals surface area contributed by atoms with E-state index in [9.17, 15) is 4.79 Å². The number of carbonyl (C=O) groups excluding carboxylic acids is 1. The summed E-state index contributed by atoms with van der Waals surface area (Å²) in [6, 6.07) is 11.3. The molecule has 1 aliphatic heterocycles. The molecule has 0 aromatic heterocycles. The first-order valence-corrected chi connectivity index (χ1v) is 8.56. The standard InChI is InChI=1S/C19H21ClN2O3/c1-22(2)15-5-3-4-14(12-15)19(23)21-7-6-13-10-16(20)18-17(11-13)24-8-9-25-18/h3-5,10-12H,6-9H2,1-2H3,(H,21,23). The Morgan fingerprint density at radius 2 is 2.00 bits per heavy atom. The number of nitrogens with one attached hydrogen (secondary N) is 1. The van der Waals surface area contributed by atoms with E-state index in [-0.39, 0.29) is 5.91 Å². The molecule has 1 amide bonds. The van der Waals surface area contributed by atoms with Crippen LogP contribution in [0.15, 0.2) is 36.4 Å². The van der Waals surface area contributed by atoms with Gasteiger partial charge in [0, 0.05) is 31.9 Å². The normalized spacial score (nSPS) is 12.6. The van der Waals surface area contributed by atoms with Gasteiger partial charge in [0.15, 0.2) is 11.5 Å². The minimum atomic E-state index is -0.0904. The molecular formula is C19H21ClN2O3. The average Bonchev–Trinajstić information content (AvgIpc) is 2.62. The third-order valence-corrected chi connectivity index (χ3v) is 4.26. The molecule has 0 unspecified atom stereocenters. The summed E-state index contributed by atoms with van der Waals surface area (Å²) in [7, 11) is 3.89. The number of hydrogen-bond acceptors (Lipinski definition) is 4. The molecule has 0 fully saturated rings. The summed E-state index contributed by atoms with van der Waals surface area (Å²) in [6.45, 7) is 1.54. The number of amides is 1. The molecule has 0 saturated carbocycles. The van der Waals surface area contributed by atoms with E-state index in [4.69, 9.17) is 21.1 Å². The van der Waals surface area contributed by atoms with Gasteiger partial charge < -0.3 is 19.7 Å². The lowest BCUT2D eigenvalue weighted by Gasteiger charge is -2.20. The zero-order valence-electron chi connectivity index (χ0n) is 14.3. The van der Waals surface area contributed by atoms with Gasteiger partial charge in [-0.2, -0.15) is 0 Å². The molecule has 0 spiro atoms. The van der Waals surface area contributed by atoms with Crippen LogP contribution >= 0.6 is 11.6 Å². The van der Waals surface area contributed by atoms with Crippen molar-refractivity contribution >= 4 is 23.2 Å². The second-order valence-corrected chi connectivity index (χ2v) is 6.46. The maximum Gasteiger partial charge on any atom is 0.251 e. The van der Waals surface area contributed by atoms with Crippen LogP contribution in [-0.4, -0.2) is 39.8 Å². The van der Waals surface area contributed by atoms with Crippen molar-refractivity contribution in [2.24, 2.45) is 0 Å². The fourth-order valence-electron chi connectivity index (χ4n) is 2.66. The van der Waals surface area contributed by atoms with Gasteiger partial charge in [-0.3, -0.25) is 4.79 Å². The number of fused-ring (bicyclic) bond motifs is 1. The van der Waals surface area contributed by atoms with Crippen LogP contribution in [-0.2, 0) is 6.42 Å². The lowest BCUT2D eigenvalue weighted by Crippen LogP contribution is -2.26. The number of benzene rings is 2. The first-order chi connectivity index (χ1) is 12.0. The number of nitrogens with zero attached hydrogens (tertiary/aromatic N) is 1. The Balaban J connectivity index is 1.60. The molecule has 2 aromatic carbocycles. The Kier molecular flexibility index (Phi) is 5.34. The van der Waals surface area contributed by atoms with E-state index in [0.717, 1.165) is 11.3 Å². The molecule has 0 atom stereocenters. The molecular weight excluding hydrogens is 340 g/mol. The summed E-state index contributed by atoms with van der Waals surface area (Å²) in [5.41, 5.74) is 2.63. The Morgan fingerprint density at radius 1 is 1.20 bits per heavy atom. The Hall–Kier alpha value is -2.40. The largest absolute Gasteiger partial charge is 0.486 e. The Bertz CT molecular complexity index is 777. The highest BCUT2D eigenvalue weighted by Crippen LogP contribution is 2.38. The van der Waals surface area contributed by atoms with Crippen LogP contribution in [0.3, 0.4) is 0 Å². The summed E-state index contributed by atoms with van der Waals surface area (Å²) in [5.74, 6) is 1.17. The van der Waals surface area contributed by atoms with Gasteiger partial charge in [-0.05, 0) is 42.3 Å².